The van der Waals surface area contributed by atoms with E-state index in [0.29, 0.717) is 12.3 Å². The second kappa shape index (κ2) is 11.6. The van der Waals surface area contributed by atoms with E-state index in [2.05, 4.69) is 20.8 Å². The minimum Gasteiger partial charge on any atom is -0.481 e. The van der Waals surface area contributed by atoms with Crippen LogP contribution < -0.4 is 0 Å². The molecule has 0 radical (unpaired) electrons. The Morgan fingerprint density at radius 3 is 1.89 bits per heavy atom. The van der Waals surface area contributed by atoms with E-state index in [1.807, 2.05) is 0 Å². The number of hydrogen-bond acceptors (Lipinski definition) is 1. The topological polar surface area (TPSA) is 37.3 Å². The molecular formula is C16H32O2. The van der Waals surface area contributed by atoms with Gasteiger partial charge in [0.1, 0.15) is 0 Å². The first-order chi connectivity index (χ1) is 8.56. The maximum Gasteiger partial charge on any atom is 0.303 e. The Morgan fingerprint density at radius 2 is 1.39 bits per heavy atom. The van der Waals surface area contributed by atoms with Gasteiger partial charge in [0, 0.05) is 6.42 Å². The number of carboxylic acid groups (broad SMARTS) is 1. The van der Waals surface area contributed by atoms with E-state index in [-0.39, 0.29) is 0 Å². The fourth-order valence-corrected chi connectivity index (χ4v) is 2.23. The number of aliphatic carboxylic acids is 1. The summed E-state index contributed by atoms with van der Waals surface area (Å²) in [6, 6.07) is 0. The van der Waals surface area contributed by atoms with Crippen LogP contribution in [0.2, 0.25) is 0 Å². The van der Waals surface area contributed by atoms with Crippen molar-refractivity contribution in [1.29, 1.82) is 0 Å². The molecule has 108 valence electrons. The third-order valence-corrected chi connectivity index (χ3v) is 3.94. The molecule has 0 aliphatic heterocycles. The van der Waals surface area contributed by atoms with Gasteiger partial charge < -0.3 is 5.11 Å². The number of carbonyl (C=O) groups is 1. The SMILES string of the molecule is CCC(C)CCCCCCCC(C)CCC(=O)O. The molecule has 0 rings (SSSR count). The van der Waals surface area contributed by atoms with Crippen LogP contribution >= 0.6 is 0 Å². The highest BCUT2D eigenvalue weighted by Gasteiger charge is 2.05. The van der Waals surface area contributed by atoms with Gasteiger partial charge in [-0.05, 0) is 18.3 Å². The molecule has 18 heavy (non-hydrogen) atoms. The van der Waals surface area contributed by atoms with Crippen LogP contribution in [0.5, 0.6) is 0 Å². The number of hydrogen-bond donors (Lipinski definition) is 1. The van der Waals surface area contributed by atoms with Gasteiger partial charge in [0.2, 0.25) is 0 Å². The zero-order valence-electron chi connectivity index (χ0n) is 12.6. The summed E-state index contributed by atoms with van der Waals surface area (Å²) in [5.41, 5.74) is 0. The summed E-state index contributed by atoms with van der Waals surface area (Å²) in [5.74, 6) is 0.800. The molecule has 0 heterocycles. The molecule has 2 unspecified atom stereocenters. The first-order valence-electron chi connectivity index (χ1n) is 7.78. The maximum absolute atomic E-state index is 10.4. The lowest BCUT2D eigenvalue weighted by Gasteiger charge is -2.10. The van der Waals surface area contributed by atoms with Gasteiger partial charge in [-0.25, -0.2) is 0 Å². The van der Waals surface area contributed by atoms with Crippen LogP contribution in [0.4, 0.5) is 0 Å². The zero-order valence-corrected chi connectivity index (χ0v) is 12.6. The van der Waals surface area contributed by atoms with Crippen molar-refractivity contribution in [3.63, 3.8) is 0 Å². The fraction of sp³-hybridized carbons (Fsp3) is 0.938. The van der Waals surface area contributed by atoms with Gasteiger partial charge in [0.05, 0.1) is 0 Å². The van der Waals surface area contributed by atoms with E-state index in [1.165, 1.54) is 51.4 Å². The summed E-state index contributed by atoms with van der Waals surface area (Å²) in [5, 5.41) is 8.60. The van der Waals surface area contributed by atoms with E-state index in [4.69, 9.17) is 5.11 Å². The van der Waals surface area contributed by atoms with Crippen LogP contribution in [0.15, 0.2) is 0 Å². The molecule has 2 nitrogen and oxygen atoms in total. The van der Waals surface area contributed by atoms with E-state index in [9.17, 15) is 4.79 Å². The van der Waals surface area contributed by atoms with Crippen LogP contribution in [0, 0.1) is 11.8 Å². The Balaban J connectivity index is 3.22. The molecule has 0 amide bonds. The lowest BCUT2D eigenvalue weighted by Crippen LogP contribution is -2.01. The summed E-state index contributed by atoms with van der Waals surface area (Å²) < 4.78 is 0. The smallest absolute Gasteiger partial charge is 0.303 e. The zero-order chi connectivity index (χ0) is 13.8. The molecule has 2 atom stereocenters. The lowest BCUT2D eigenvalue weighted by molar-refractivity contribution is -0.137. The van der Waals surface area contributed by atoms with Crippen LogP contribution in [0.1, 0.15) is 85.0 Å². The minimum absolute atomic E-state index is 0.329. The second-order valence-electron chi connectivity index (χ2n) is 5.90. The molecule has 2 heteroatoms. The van der Waals surface area contributed by atoms with Crippen molar-refractivity contribution in [3.05, 3.63) is 0 Å². The standard InChI is InChI=1S/C16H32O2/c1-4-14(2)10-8-6-5-7-9-11-15(3)12-13-16(17)18/h14-15H,4-13H2,1-3H3,(H,17,18). The monoisotopic (exact) mass is 256 g/mol. The molecular weight excluding hydrogens is 224 g/mol. The predicted molar refractivity (Wildman–Crippen MR) is 77.8 cm³/mol. The molecule has 0 spiro atoms. The van der Waals surface area contributed by atoms with Crippen molar-refractivity contribution >= 4 is 5.97 Å². The van der Waals surface area contributed by atoms with Crippen LogP contribution in [0.25, 0.3) is 0 Å². The van der Waals surface area contributed by atoms with Crippen LogP contribution in [-0.4, -0.2) is 11.1 Å². The summed E-state index contributed by atoms with van der Waals surface area (Å²) in [7, 11) is 0. The van der Waals surface area contributed by atoms with Gasteiger partial charge in [0.25, 0.3) is 0 Å². The average Bonchev–Trinajstić information content (AvgIpc) is 2.34. The van der Waals surface area contributed by atoms with Gasteiger partial charge in [0.15, 0.2) is 0 Å². The Hall–Kier alpha value is -0.530. The minimum atomic E-state index is -0.660. The highest BCUT2D eigenvalue weighted by Crippen LogP contribution is 2.17. The van der Waals surface area contributed by atoms with Crippen molar-refractivity contribution < 1.29 is 9.90 Å². The van der Waals surface area contributed by atoms with E-state index >= 15 is 0 Å². The first-order valence-corrected chi connectivity index (χ1v) is 7.78. The highest BCUT2D eigenvalue weighted by molar-refractivity contribution is 5.66. The molecule has 1 N–H and O–H groups in total. The van der Waals surface area contributed by atoms with Crippen molar-refractivity contribution in [3.8, 4) is 0 Å². The molecule has 0 saturated heterocycles. The molecule has 0 aliphatic rings. The average molecular weight is 256 g/mol. The number of carboxylic acids is 1. The largest absolute Gasteiger partial charge is 0.481 e. The molecule has 0 fully saturated rings. The first kappa shape index (κ1) is 17.5. The van der Waals surface area contributed by atoms with Gasteiger partial charge in [-0.15, -0.1) is 0 Å². The Labute approximate surface area is 113 Å². The van der Waals surface area contributed by atoms with Crippen LogP contribution in [0.3, 0.4) is 0 Å². The van der Waals surface area contributed by atoms with Gasteiger partial charge in [-0.2, -0.15) is 0 Å². The third-order valence-electron chi connectivity index (χ3n) is 3.94. The van der Waals surface area contributed by atoms with E-state index in [1.54, 1.807) is 0 Å². The Bertz CT molecular complexity index is 201. The molecule has 0 saturated carbocycles. The predicted octanol–water partition coefficient (Wildman–Crippen LogP) is 5.26. The summed E-state index contributed by atoms with van der Waals surface area (Å²) in [6.45, 7) is 6.78. The lowest BCUT2D eigenvalue weighted by atomic mass is 9.96. The normalized spacial score (nSPS) is 14.4. The highest BCUT2D eigenvalue weighted by atomic mass is 16.4. The number of rotatable bonds is 12. The molecule has 0 aromatic rings. The quantitative estimate of drug-likeness (QED) is 0.483. The van der Waals surface area contributed by atoms with E-state index < -0.39 is 5.97 Å². The van der Waals surface area contributed by atoms with Crippen molar-refractivity contribution in [1.82, 2.24) is 0 Å². The molecule has 0 bridgehead atoms. The van der Waals surface area contributed by atoms with Gasteiger partial charge >= 0.3 is 5.97 Å². The molecule has 0 aliphatic carbocycles. The van der Waals surface area contributed by atoms with Crippen molar-refractivity contribution in [2.75, 3.05) is 0 Å². The number of unbranched alkanes of at least 4 members (excludes halogenated alkanes) is 4. The molecule has 0 aromatic heterocycles. The molecule has 0 aromatic carbocycles. The van der Waals surface area contributed by atoms with Crippen molar-refractivity contribution in [2.24, 2.45) is 11.8 Å². The summed E-state index contributed by atoms with van der Waals surface area (Å²) in [4.78, 5) is 10.4. The second-order valence-corrected chi connectivity index (χ2v) is 5.90. The summed E-state index contributed by atoms with van der Waals surface area (Å²) >= 11 is 0. The van der Waals surface area contributed by atoms with Gasteiger partial charge in [-0.3, -0.25) is 4.79 Å². The third kappa shape index (κ3) is 11.9. The Kier molecular flexibility index (Phi) is 11.2. The Morgan fingerprint density at radius 1 is 0.889 bits per heavy atom. The fourth-order valence-electron chi connectivity index (χ4n) is 2.23. The van der Waals surface area contributed by atoms with Crippen molar-refractivity contribution in [2.45, 2.75) is 85.0 Å². The van der Waals surface area contributed by atoms with Crippen LogP contribution in [-0.2, 0) is 4.79 Å². The maximum atomic E-state index is 10.4. The van der Waals surface area contributed by atoms with Gasteiger partial charge in [-0.1, -0.05) is 72.1 Å². The summed E-state index contributed by atoms with van der Waals surface area (Å²) in [6.07, 6.45) is 11.7. The van der Waals surface area contributed by atoms with E-state index in [0.717, 1.165) is 12.3 Å².